The Morgan fingerprint density at radius 3 is 3.00 bits per heavy atom. The molecule has 1 fully saturated rings. The summed E-state index contributed by atoms with van der Waals surface area (Å²) < 4.78 is 0. The van der Waals surface area contributed by atoms with Gasteiger partial charge >= 0.3 is 0 Å². The first-order chi connectivity index (χ1) is 9.34. The molecule has 5 nitrogen and oxygen atoms in total. The van der Waals surface area contributed by atoms with Gasteiger partial charge in [0.2, 0.25) is 0 Å². The van der Waals surface area contributed by atoms with Crippen LogP contribution in [0.15, 0.2) is 30.2 Å². The second-order valence-corrected chi connectivity index (χ2v) is 5.48. The van der Waals surface area contributed by atoms with Gasteiger partial charge in [-0.25, -0.2) is 9.97 Å². The van der Waals surface area contributed by atoms with Gasteiger partial charge < -0.3 is 4.90 Å². The summed E-state index contributed by atoms with van der Waals surface area (Å²) >= 11 is 1.66. The van der Waals surface area contributed by atoms with Gasteiger partial charge in [-0.3, -0.25) is 9.78 Å². The van der Waals surface area contributed by atoms with Gasteiger partial charge in [-0.1, -0.05) is 0 Å². The van der Waals surface area contributed by atoms with Crippen LogP contribution in [0.3, 0.4) is 0 Å². The number of rotatable bonds is 2. The van der Waals surface area contributed by atoms with Crippen molar-refractivity contribution in [2.75, 3.05) is 13.1 Å². The SMILES string of the molecule is O=C(c1cnccn1)N1CCCC(c2nccs2)C1. The molecule has 1 aliphatic heterocycles. The molecule has 6 heteroatoms. The van der Waals surface area contributed by atoms with E-state index in [4.69, 9.17) is 0 Å². The van der Waals surface area contributed by atoms with Crippen LogP contribution in [0.25, 0.3) is 0 Å². The first kappa shape index (κ1) is 12.2. The number of carbonyl (C=O) groups is 1. The van der Waals surface area contributed by atoms with Crippen LogP contribution in [0.2, 0.25) is 0 Å². The molecule has 0 N–H and O–H groups in total. The number of amides is 1. The van der Waals surface area contributed by atoms with Crippen LogP contribution in [0.5, 0.6) is 0 Å². The molecule has 0 bridgehead atoms. The lowest BCUT2D eigenvalue weighted by atomic mass is 9.98. The molecule has 2 aromatic heterocycles. The van der Waals surface area contributed by atoms with Crippen LogP contribution in [-0.2, 0) is 0 Å². The van der Waals surface area contributed by atoms with Gasteiger partial charge in [0.15, 0.2) is 0 Å². The normalized spacial score (nSPS) is 19.4. The Morgan fingerprint density at radius 2 is 2.26 bits per heavy atom. The Morgan fingerprint density at radius 1 is 1.32 bits per heavy atom. The smallest absolute Gasteiger partial charge is 0.274 e. The lowest BCUT2D eigenvalue weighted by Gasteiger charge is -2.31. The van der Waals surface area contributed by atoms with E-state index in [0.717, 1.165) is 30.9 Å². The summed E-state index contributed by atoms with van der Waals surface area (Å²) in [6.45, 7) is 1.51. The minimum atomic E-state index is -0.0330. The Kier molecular flexibility index (Phi) is 3.50. The van der Waals surface area contributed by atoms with Crippen molar-refractivity contribution >= 4 is 17.2 Å². The third kappa shape index (κ3) is 2.63. The highest BCUT2D eigenvalue weighted by atomic mass is 32.1. The molecule has 98 valence electrons. The van der Waals surface area contributed by atoms with E-state index in [1.807, 2.05) is 16.5 Å². The summed E-state index contributed by atoms with van der Waals surface area (Å²) in [5, 5.41) is 3.11. The average Bonchev–Trinajstić information content (AvgIpc) is 3.02. The van der Waals surface area contributed by atoms with E-state index in [1.54, 1.807) is 23.7 Å². The minimum absolute atomic E-state index is 0.0330. The van der Waals surface area contributed by atoms with E-state index in [2.05, 4.69) is 15.0 Å². The molecule has 0 aromatic carbocycles. The van der Waals surface area contributed by atoms with Crippen molar-refractivity contribution in [1.29, 1.82) is 0 Å². The standard InChI is InChI=1S/C13H14N4OS/c18-13(11-8-14-3-4-15-11)17-6-1-2-10(9-17)12-16-5-7-19-12/h3-5,7-8,10H,1-2,6,9H2. The maximum atomic E-state index is 12.3. The number of hydrogen-bond acceptors (Lipinski definition) is 5. The average molecular weight is 274 g/mol. The summed E-state index contributed by atoms with van der Waals surface area (Å²) in [5.41, 5.74) is 0.419. The predicted molar refractivity (Wildman–Crippen MR) is 72.0 cm³/mol. The van der Waals surface area contributed by atoms with Crippen LogP contribution in [0.4, 0.5) is 0 Å². The van der Waals surface area contributed by atoms with Gasteiger partial charge in [-0.05, 0) is 12.8 Å². The number of piperidine rings is 1. The fourth-order valence-electron chi connectivity index (χ4n) is 2.37. The maximum Gasteiger partial charge on any atom is 0.274 e. The fourth-order valence-corrected chi connectivity index (χ4v) is 3.14. The zero-order chi connectivity index (χ0) is 13.1. The summed E-state index contributed by atoms with van der Waals surface area (Å²) in [7, 11) is 0. The predicted octanol–water partition coefficient (Wildman–Crippen LogP) is 1.95. The molecule has 1 atom stereocenters. The van der Waals surface area contributed by atoms with Crippen LogP contribution in [-0.4, -0.2) is 38.8 Å². The van der Waals surface area contributed by atoms with Crippen molar-refractivity contribution in [3.63, 3.8) is 0 Å². The van der Waals surface area contributed by atoms with Crippen molar-refractivity contribution in [2.24, 2.45) is 0 Å². The number of likely N-dealkylation sites (tertiary alicyclic amines) is 1. The second kappa shape index (κ2) is 5.44. The van der Waals surface area contributed by atoms with Gasteiger partial charge in [0, 0.05) is 43.0 Å². The van der Waals surface area contributed by atoms with Crippen LogP contribution >= 0.6 is 11.3 Å². The third-order valence-corrected chi connectivity index (χ3v) is 4.23. The Hall–Kier alpha value is -1.82. The molecule has 3 rings (SSSR count). The molecule has 1 amide bonds. The lowest BCUT2D eigenvalue weighted by Crippen LogP contribution is -2.39. The number of carbonyl (C=O) groups excluding carboxylic acids is 1. The quantitative estimate of drug-likeness (QED) is 0.840. The van der Waals surface area contributed by atoms with E-state index in [0.29, 0.717) is 11.6 Å². The Labute approximate surface area is 115 Å². The largest absolute Gasteiger partial charge is 0.337 e. The monoisotopic (exact) mass is 274 g/mol. The van der Waals surface area contributed by atoms with E-state index in [1.165, 1.54) is 6.20 Å². The highest BCUT2D eigenvalue weighted by molar-refractivity contribution is 7.09. The number of aromatic nitrogens is 3. The molecule has 0 radical (unpaired) electrons. The molecule has 1 aliphatic rings. The summed E-state index contributed by atoms with van der Waals surface area (Å²) in [5.74, 6) is 0.323. The van der Waals surface area contributed by atoms with Crippen molar-refractivity contribution in [1.82, 2.24) is 19.9 Å². The zero-order valence-corrected chi connectivity index (χ0v) is 11.2. The van der Waals surface area contributed by atoms with E-state index in [-0.39, 0.29) is 5.91 Å². The zero-order valence-electron chi connectivity index (χ0n) is 10.4. The first-order valence-electron chi connectivity index (χ1n) is 6.29. The number of nitrogens with zero attached hydrogens (tertiary/aromatic N) is 4. The Balaban J connectivity index is 1.73. The molecule has 1 unspecified atom stereocenters. The molecule has 0 spiro atoms. The van der Waals surface area contributed by atoms with Crippen LogP contribution in [0, 0.1) is 0 Å². The van der Waals surface area contributed by atoms with Crippen molar-refractivity contribution < 1.29 is 4.79 Å². The molecule has 3 heterocycles. The third-order valence-electron chi connectivity index (χ3n) is 3.29. The molecule has 0 saturated carbocycles. The summed E-state index contributed by atoms with van der Waals surface area (Å²) in [6.07, 6.45) is 8.58. The first-order valence-corrected chi connectivity index (χ1v) is 7.17. The van der Waals surface area contributed by atoms with Crippen molar-refractivity contribution in [2.45, 2.75) is 18.8 Å². The number of thiazole rings is 1. The molecule has 0 aliphatic carbocycles. The highest BCUT2D eigenvalue weighted by Crippen LogP contribution is 2.28. The topological polar surface area (TPSA) is 59.0 Å². The minimum Gasteiger partial charge on any atom is -0.337 e. The van der Waals surface area contributed by atoms with E-state index >= 15 is 0 Å². The second-order valence-electron chi connectivity index (χ2n) is 4.55. The molecule has 2 aromatic rings. The molecular formula is C13H14N4OS. The van der Waals surface area contributed by atoms with Gasteiger partial charge in [0.1, 0.15) is 5.69 Å². The lowest BCUT2D eigenvalue weighted by molar-refractivity contribution is 0.0700. The van der Waals surface area contributed by atoms with E-state index < -0.39 is 0 Å². The highest BCUT2D eigenvalue weighted by Gasteiger charge is 2.27. The summed E-state index contributed by atoms with van der Waals surface area (Å²) in [6, 6.07) is 0. The fraction of sp³-hybridized carbons (Fsp3) is 0.385. The Bertz CT molecular complexity index is 543. The van der Waals surface area contributed by atoms with Crippen molar-refractivity contribution in [3.05, 3.63) is 40.9 Å². The number of hydrogen-bond donors (Lipinski definition) is 0. The maximum absolute atomic E-state index is 12.3. The molecule has 1 saturated heterocycles. The van der Waals surface area contributed by atoms with Gasteiger partial charge in [-0.2, -0.15) is 0 Å². The van der Waals surface area contributed by atoms with Crippen LogP contribution in [0.1, 0.15) is 34.3 Å². The molecule has 19 heavy (non-hydrogen) atoms. The van der Waals surface area contributed by atoms with Crippen LogP contribution < -0.4 is 0 Å². The van der Waals surface area contributed by atoms with Gasteiger partial charge in [0.05, 0.1) is 11.2 Å². The molecular weight excluding hydrogens is 260 g/mol. The van der Waals surface area contributed by atoms with Gasteiger partial charge in [0.25, 0.3) is 5.91 Å². The van der Waals surface area contributed by atoms with Crippen molar-refractivity contribution in [3.8, 4) is 0 Å². The summed E-state index contributed by atoms with van der Waals surface area (Å²) in [4.78, 5) is 26.6. The van der Waals surface area contributed by atoms with Gasteiger partial charge in [-0.15, -0.1) is 11.3 Å². The van der Waals surface area contributed by atoms with E-state index in [9.17, 15) is 4.79 Å².